The maximum Gasteiger partial charge on any atom is 0.305 e. The zero-order valence-electron chi connectivity index (χ0n) is 11.1. The number of aromatic hydroxyl groups is 1. The topological polar surface area (TPSA) is 111 Å². The minimum Gasteiger partial charge on any atom is -0.507 e. The predicted molar refractivity (Wildman–Crippen MR) is 79.6 cm³/mol. The van der Waals surface area contributed by atoms with Crippen molar-refractivity contribution in [3.05, 3.63) is 29.3 Å². The van der Waals surface area contributed by atoms with Gasteiger partial charge in [0.25, 0.3) is 0 Å². The smallest absolute Gasteiger partial charge is 0.305 e. The van der Waals surface area contributed by atoms with Gasteiger partial charge in [0, 0.05) is 5.56 Å². The van der Waals surface area contributed by atoms with E-state index < -0.39 is 17.1 Å². The monoisotopic (exact) mass is 307 g/mol. The zero-order chi connectivity index (χ0) is 15.4. The first-order valence-corrected chi connectivity index (χ1v) is 6.93. The predicted octanol–water partition coefficient (Wildman–Crippen LogP) is 1.10. The number of nitrogens with zero attached hydrogens (tertiary/aromatic N) is 2. The number of carbonyl (C=O) groups is 2. The van der Waals surface area contributed by atoms with E-state index in [9.17, 15) is 14.7 Å². The zero-order valence-corrected chi connectivity index (χ0v) is 11.9. The van der Waals surface area contributed by atoms with Gasteiger partial charge in [-0.25, -0.2) is 0 Å². The van der Waals surface area contributed by atoms with Crippen LogP contribution >= 0.6 is 11.8 Å². The van der Waals surface area contributed by atoms with Crippen molar-refractivity contribution >= 4 is 35.0 Å². The molecule has 1 atom stereocenters. The molecule has 0 aliphatic carbocycles. The summed E-state index contributed by atoms with van der Waals surface area (Å²) in [4.78, 5) is 22.1. The van der Waals surface area contributed by atoms with Crippen LogP contribution < -0.4 is 5.32 Å². The number of amides is 1. The van der Waals surface area contributed by atoms with E-state index in [1.807, 2.05) is 6.92 Å². The number of phenols is 1. The number of aliphatic carboxylic acids is 1. The Bertz CT molecular complexity index is 642. The fourth-order valence-electron chi connectivity index (χ4n) is 1.67. The van der Waals surface area contributed by atoms with Crippen molar-refractivity contribution in [2.75, 3.05) is 0 Å². The fraction of sp³-hybridized carbons (Fsp3) is 0.231. The molecule has 1 aromatic carbocycles. The molecule has 0 bridgehead atoms. The molecule has 1 aromatic rings. The highest BCUT2D eigenvalue weighted by atomic mass is 32.2. The molecule has 1 amide bonds. The molecule has 7 nitrogen and oxygen atoms in total. The van der Waals surface area contributed by atoms with Crippen LogP contribution in [0.4, 0.5) is 0 Å². The van der Waals surface area contributed by atoms with Gasteiger partial charge in [-0.2, -0.15) is 5.10 Å². The van der Waals surface area contributed by atoms with Crippen molar-refractivity contribution in [3.8, 4) is 5.75 Å². The molecule has 0 spiro atoms. The summed E-state index contributed by atoms with van der Waals surface area (Å²) < 4.78 is 0. The number of carbonyl (C=O) groups excluding carboxylic acids is 1. The van der Waals surface area contributed by atoms with Gasteiger partial charge in [0.05, 0.1) is 12.6 Å². The van der Waals surface area contributed by atoms with Gasteiger partial charge in [-0.15, -0.1) is 5.10 Å². The van der Waals surface area contributed by atoms with Crippen LogP contribution in [0.2, 0.25) is 0 Å². The van der Waals surface area contributed by atoms with Crippen LogP contribution in [0.3, 0.4) is 0 Å². The van der Waals surface area contributed by atoms with E-state index in [1.165, 1.54) is 6.21 Å². The molecular weight excluding hydrogens is 294 g/mol. The van der Waals surface area contributed by atoms with Gasteiger partial charge >= 0.3 is 5.97 Å². The molecule has 1 unspecified atom stereocenters. The lowest BCUT2D eigenvalue weighted by Crippen LogP contribution is -2.26. The van der Waals surface area contributed by atoms with Crippen molar-refractivity contribution < 1.29 is 19.8 Å². The number of benzene rings is 1. The molecule has 0 saturated carbocycles. The summed E-state index contributed by atoms with van der Waals surface area (Å²) in [7, 11) is 0. The fourth-order valence-corrected chi connectivity index (χ4v) is 2.58. The molecule has 8 heteroatoms. The van der Waals surface area contributed by atoms with Crippen LogP contribution in [0.1, 0.15) is 17.5 Å². The second-order valence-corrected chi connectivity index (χ2v) is 5.60. The molecule has 1 fully saturated rings. The molecular formula is C13H13N3O4S. The molecule has 2 rings (SSSR count). The molecule has 1 heterocycles. The average Bonchev–Trinajstić information content (AvgIpc) is 2.73. The van der Waals surface area contributed by atoms with Gasteiger partial charge in [-0.1, -0.05) is 23.4 Å². The maximum absolute atomic E-state index is 11.5. The normalized spacial score (nSPS) is 20.1. The summed E-state index contributed by atoms with van der Waals surface area (Å²) in [5.74, 6) is -1.36. The Hall–Kier alpha value is -2.35. The number of nitrogens with one attached hydrogen (secondary N) is 1. The highest BCUT2D eigenvalue weighted by Gasteiger charge is 2.32. The van der Waals surface area contributed by atoms with Gasteiger partial charge in [0.15, 0.2) is 5.17 Å². The summed E-state index contributed by atoms with van der Waals surface area (Å²) >= 11 is 1.02. The number of rotatable bonds is 4. The molecule has 1 saturated heterocycles. The third kappa shape index (κ3) is 4.06. The first kappa shape index (κ1) is 15.0. The van der Waals surface area contributed by atoms with Crippen molar-refractivity contribution in [1.82, 2.24) is 5.32 Å². The Balaban J connectivity index is 2.05. The quantitative estimate of drug-likeness (QED) is 0.569. The van der Waals surface area contributed by atoms with Crippen LogP contribution in [0.15, 0.2) is 28.4 Å². The van der Waals surface area contributed by atoms with E-state index in [0.717, 1.165) is 17.3 Å². The summed E-state index contributed by atoms with van der Waals surface area (Å²) in [6, 6.07) is 5.06. The summed E-state index contributed by atoms with van der Waals surface area (Å²) in [6.45, 7) is 1.88. The number of amidine groups is 1. The largest absolute Gasteiger partial charge is 0.507 e. The summed E-state index contributed by atoms with van der Waals surface area (Å²) in [5, 5.41) is 27.9. The van der Waals surface area contributed by atoms with E-state index in [0.29, 0.717) is 5.56 Å². The van der Waals surface area contributed by atoms with Crippen LogP contribution in [0.25, 0.3) is 0 Å². The highest BCUT2D eigenvalue weighted by Crippen LogP contribution is 2.22. The molecule has 110 valence electrons. The Labute approximate surface area is 124 Å². The summed E-state index contributed by atoms with van der Waals surface area (Å²) in [6.07, 6.45) is 1.10. The highest BCUT2D eigenvalue weighted by molar-refractivity contribution is 8.15. The van der Waals surface area contributed by atoms with Crippen molar-refractivity contribution in [3.63, 3.8) is 0 Å². The minimum atomic E-state index is -1.04. The number of hydrogen-bond donors (Lipinski definition) is 3. The molecule has 21 heavy (non-hydrogen) atoms. The molecule has 1 aliphatic heterocycles. The molecule has 0 aromatic heterocycles. The van der Waals surface area contributed by atoms with Gasteiger partial charge in [-0.05, 0) is 19.1 Å². The average molecular weight is 307 g/mol. The molecule has 3 N–H and O–H groups in total. The van der Waals surface area contributed by atoms with E-state index in [-0.39, 0.29) is 17.3 Å². The lowest BCUT2D eigenvalue weighted by molar-refractivity contribution is -0.138. The standard InChI is InChI=1S/C13H13N3O4S/c1-7-2-3-9(17)8(4-7)6-14-16-13-15-12(20)10(21-13)5-11(18)19/h2-4,6,10,17H,5H2,1H3,(H,18,19)(H,15,16,20). The first-order chi connectivity index (χ1) is 9.95. The van der Waals surface area contributed by atoms with E-state index in [2.05, 4.69) is 15.5 Å². The Morgan fingerprint density at radius 3 is 3.00 bits per heavy atom. The Morgan fingerprint density at radius 1 is 1.52 bits per heavy atom. The molecule has 1 aliphatic rings. The van der Waals surface area contributed by atoms with E-state index in [4.69, 9.17) is 5.11 Å². The van der Waals surface area contributed by atoms with Crippen molar-refractivity contribution in [2.45, 2.75) is 18.6 Å². The SMILES string of the molecule is Cc1ccc(O)c(C=NN=C2NC(=O)C(CC(=O)O)S2)c1. The second-order valence-electron chi connectivity index (χ2n) is 4.41. The maximum atomic E-state index is 11.5. The molecule has 0 radical (unpaired) electrons. The Morgan fingerprint density at radius 2 is 2.29 bits per heavy atom. The lowest BCUT2D eigenvalue weighted by atomic mass is 10.1. The number of carboxylic acids is 1. The van der Waals surface area contributed by atoms with Crippen molar-refractivity contribution in [2.24, 2.45) is 10.2 Å². The Kier molecular flexibility index (Phi) is 4.59. The van der Waals surface area contributed by atoms with Crippen LogP contribution in [-0.4, -0.2) is 38.7 Å². The van der Waals surface area contributed by atoms with E-state index >= 15 is 0 Å². The van der Waals surface area contributed by atoms with Gasteiger partial charge < -0.3 is 15.5 Å². The lowest BCUT2D eigenvalue weighted by Gasteiger charge is -1.99. The van der Waals surface area contributed by atoms with E-state index in [1.54, 1.807) is 18.2 Å². The van der Waals surface area contributed by atoms with Gasteiger partial charge in [0.1, 0.15) is 11.0 Å². The first-order valence-electron chi connectivity index (χ1n) is 6.05. The van der Waals surface area contributed by atoms with Crippen LogP contribution in [0.5, 0.6) is 5.75 Å². The third-order valence-electron chi connectivity index (χ3n) is 2.66. The van der Waals surface area contributed by atoms with Gasteiger partial charge in [0.2, 0.25) is 5.91 Å². The number of carboxylic acid groups (broad SMARTS) is 1. The van der Waals surface area contributed by atoms with Gasteiger partial charge in [-0.3, -0.25) is 9.59 Å². The van der Waals surface area contributed by atoms with Crippen molar-refractivity contribution in [1.29, 1.82) is 0 Å². The minimum absolute atomic E-state index is 0.0800. The van der Waals surface area contributed by atoms with Crippen LogP contribution in [-0.2, 0) is 9.59 Å². The number of aryl methyl sites for hydroxylation is 1. The third-order valence-corrected chi connectivity index (χ3v) is 3.74. The number of thioether (sulfide) groups is 1. The summed E-state index contributed by atoms with van der Waals surface area (Å²) in [5.41, 5.74) is 1.47. The van der Waals surface area contributed by atoms with Crippen LogP contribution in [0, 0.1) is 6.92 Å². The number of hydrogen-bond acceptors (Lipinski definition) is 6. The second kappa shape index (κ2) is 6.40. The number of phenolic OH excluding ortho intramolecular Hbond substituents is 1.